The molecule has 4 heterocycles. The van der Waals surface area contributed by atoms with Crippen LogP contribution in [0.3, 0.4) is 0 Å². The van der Waals surface area contributed by atoms with Gasteiger partial charge >= 0.3 is 0 Å². The summed E-state index contributed by atoms with van der Waals surface area (Å²) in [5.74, 6) is 1.17. The Hall–Kier alpha value is -2.78. The van der Waals surface area contributed by atoms with E-state index in [4.69, 9.17) is 0 Å². The number of fused-ring (bicyclic) bond motifs is 1. The molecule has 0 spiro atoms. The van der Waals surface area contributed by atoms with Crippen molar-refractivity contribution in [3.63, 3.8) is 0 Å². The number of hydrogen-bond acceptors (Lipinski definition) is 7. The predicted molar refractivity (Wildman–Crippen MR) is 142 cm³/mol. The van der Waals surface area contributed by atoms with Gasteiger partial charge in [-0.15, -0.1) is 11.3 Å². The number of rotatable bonds is 5. The van der Waals surface area contributed by atoms with Crippen molar-refractivity contribution in [1.29, 1.82) is 0 Å². The zero-order valence-corrected chi connectivity index (χ0v) is 21.8. The Balaban J connectivity index is 0.000000527. The molecule has 1 saturated heterocycles. The van der Waals surface area contributed by atoms with Crippen molar-refractivity contribution in [1.82, 2.24) is 20.2 Å². The third kappa shape index (κ3) is 5.90. The molecular weight excluding hydrogens is 463 g/mol. The molecule has 3 aromatic heterocycles. The highest BCUT2D eigenvalue weighted by molar-refractivity contribution is 7.19. The fourth-order valence-electron chi connectivity index (χ4n) is 4.96. The number of carbonyl (C=O) groups excluding carboxylic acids is 1. The van der Waals surface area contributed by atoms with E-state index in [9.17, 15) is 9.18 Å². The molecule has 1 atom stereocenters. The van der Waals surface area contributed by atoms with Gasteiger partial charge in [-0.3, -0.25) is 4.79 Å². The minimum absolute atomic E-state index is 0.225. The Morgan fingerprint density at radius 3 is 2.63 bits per heavy atom. The van der Waals surface area contributed by atoms with Crippen LogP contribution in [0.25, 0.3) is 10.1 Å². The number of nitrogens with zero attached hydrogens (tertiary/aromatic N) is 4. The Labute approximate surface area is 210 Å². The molecule has 1 unspecified atom stereocenters. The van der Waals surface area contributed by atoms with E-state index in [-0.39, 0.29) is 11.6 Å². The fraction of sp³-hybridized carbons (Fsp3) is 0.500. The Kier molecular flexibility index (Phi) is 8.18. The summed E-state index contributed by atoms with van der Waals surface area (Å²) in [4.78, 5) is 23.4. The molecule has 2 N–H and O–H groups in total. The number of piperazine rings is 1. The third-order valence-corrected chi connectivity index (χ3v) is 7.75. The molecule has 1 amide bonds. The molecule has 0 bridgehead atoms. The smallest absolute Gasteiger partial charge is 0.209 e. The summed E-state index contributed by atoms with van der Waals surface area (Å²) >= 11 is 1.81. The SMILES string of the molecule is CN(C)C=O.Cc1sc2cnc(Nc3ncc(N4CCNCC4C)cc3F)cc2c1C1CCCC1. The number of hydrogen-bond donors (Lipinski definition) is 2. The molecule has 1 saturated carbocycles. The number of thiophene rings is 1. The number of nitrogens with one attached hydrogen (secondary N) is 2. The number of halogens is 1. The van der Waals surface area contributed by atoms with Crippen LogP contribution < -0.4 is 15.5 Å². The van der Waals surface area contributed by atoms with Gasteiger partial charge in [-0.1, -0.05) is 12.8 Å². The maximum absolute atomic E-state index is 14.9. The lowest BCUT2D eigenvalue weighted by Crippen LogP contribution is -2.50. The minimum atomic E-state index is -0.349. The topological polar surface area (TPSA) is 73.4 Å². The first-order valence-corrected chi connectivity index (χ1v) is 13.1. The van der Waals surface area contributed by atoms with Gasteiger partial charge in [0.15, 0.2) is 11.6 Å². The van der Waals surface area contributed by atoms with Crippen molar-refractivity contribution in [2.24, 2.45) is 0 Å². The highest BCUT2D eigenvalue weighted by Gasteiger charge is 2.23. The zero-order chi connectivity index (χ0) is 24.9. The second-order valence-corrected chi connectivity index (χ2v) is 10.8. The molecule has 0 radical (unpaired) electrons. The number of pyridine rings is 2. The summed E-state index contributed by atoms with van der Waals surface area (Å²) in [6.07, 6.45) is 9.56. The van der Waals surface area contributed by atoms with E-state index in [1.165, 1.54) is 51.1 Å². The number of amides is 1. The van der Waals surface area contributed by atoms with E-state index in [2.05, 4.69) is 45.4 Å². The van der Waals surface area contributed by atoms with Crippen molar-refractivity contribution < 1.29 is 9.18 Å². The summed E-state index contributed by atoms with van der Waals surface area (Å²) in [7, 11) is 3.38. The van der Waals surface area contributed by atoms with Gasteiger partial charge in [-0.05, 0) is 44.2 Å². The highest BCUT2D eigenvalue weighted by Crippen LogP contribution is 2.43. The van der Waals surface area contributed by atoms with Crippen LogP contribution >= 0.6 is 11.3 Å². The minimum Gasteiger partial charge on any atom is -0.365 e. The molecule has 188 valence electrons. The number of anilines is 3. The summed E-state index contributed by atoms with van der Waals surface area (Å²) in [6, 6.07) is 3.97. The summed E-state index contributed by atoms with van der Waals surface area (Å²) in [5, 5.41) is 7.73. The number of carbonyl (C=O) groups is 1. The summed E-state index contributed by atoms with van der Waals surface area (Å²) in [6.45, 7) is 7.01. The average Bonchev–Trinajstić information content (AvgIpc) is 3.48. The van der Waals surface area contributed by atoms with Crippen LogP contribution in [0.1, 0.15) is 49.0 Å². The lowest BCUT2D eigenvalue weighted by atomic mass is 9.95. The lowest BCUT2D eigenvalue weighted by molar-refractivity contribution is -0.115. The Morgan fingerprint density at radius 2 is 1.97 bits per heavy atom. The standard InChI is InChI=1S/C23H28FN5S.C3H7NO/c1-14-11-25-7-8-29(14)17-9-19(24)23(27-12-17)28-21-10-18-20(13-26-21)30-15(2)22(18)16-5-3-4-6-16;1-4(2)3-5/h9-10,12-14,16,25H,3-8,11H2,1-2H3,(H,26,27,28);3H,1-2H3. The van der Waals surface area contributed by atoms with E-state index in [1.807, 2.05) is 17.5 Å². The molecule has 2 fully saturated rings. The Morgan fingerprint density at radius 1 is 1.23 bits per heavy atom. The summed E-state index contributed by atoms with van der Waals surface area (Å²) < 4.78 is 16.1. The zero-order valence-electron chi connectivity index (χ0n) is 21.0. The van der Waals surface area contributed by atoms with Crippen molar-refractivity contribution in [3.05, 3.63) is 40.8 Å². The van der Waals surface area contributed by atoms with Gasteiger partial charge in [0.1, 0.15) is 5.82 Å². The van der Waals surface area contributed by atoms with Crippen LogP contribution in [-0.2, 0) is 4.79 Å². The van der Waals surface area contributed by atoms with Crippen LogP contribution in [-0.4, -0.2) is 61.0 Å². The van der Waals surface area contributed by atoms with Crippen molar-refractivity contribution in [2.45, 2.75) is 51.5 Å². The third-order valence-electron chi connectivity index (χ3n) is 6.68. The fourth-order valence-corrected chi connectivity index (χ4v) is 6.06. The van der Waals surface area contributed by atoms with Crippen molar-refractivity contribution in [2.75, 3.05) is 43.9 Å². The highest BCUT2D eigenvalue weighted by atomic mass is 32.1. The molecule has 2 aliphatic rings. The maximum atomic E-state index is 14.9. The molecular formula is C26H35FN6OS. The van der Waals surface area contributed by atoms with Gasteiger partial charge in [0, 0.05) is 62.3 Å². The van der Waals surface area contributed by atoms with E-state index < -0.39 is 0 Å². The van der Waals surface area contributed by atoms with Crippen LogP contribution in [0, 0.1) is 12.7 Å². The van der Waals surface area contributed by atoms with Gasteiger partial charge in [0.05, 0.1) is 16.6 Å². The monoisotopic (exact) mass is 498 g/mol. The second kappa shape index (κ2) is 11.3. The van der Waals surface area contributed by atoms with E-state index in [1.54, 1.807) is 26.4 Å². The number of aromatic nitrogens is 2. The van der Waals surface area contributed by atoms with Crippen LogP contribution in [0.15, 0.2) is 24.5 Å². The van der Waals surface area contributed by atoms with Gasteiger partial charge < -0.3 is 20.4 Å². The van der Waals surface area contributed by atoms with E-state index in [0.717, 1.165) is 31.7 Å². The van der Waals surface area contributed by atoms with E-state index >= 15 is 0 Å². The summed E-state index contributed by atoms with van der Waals surface area (Å²) in [5.41, 5.74) is 2.29. The molecule has 35 heavy (non-hydrogen) atoms. The quantitative estimate of drug-likeness (QED) is 0.480. The molecule has 3 aromatic rings. The van der Waals surface area contributed by atoms with Crippen molar-refractivity contribution in [3.8, 4) is 0 Å². The molecule has 1 aliphatic heterocycles. The van der Waals surface area contributed by atoms with Gasteiger partial charge in [-0.2, -0.15) is 0 Å². The second-order valence-electron chi connectivity index (χ2n) is 9.58. The largest absolute Gasteiger partial charge is 0.365 e. The first-order valence-electron chi connectivity index (χ1n) is 12.3. The molecule has 1 aliphatic carbocycles. The maximum Gasteiger partial charge on any atom is 0.209 e. The van der Waals surface area contributed by atoms with Crippen LogP contribution in [0.5, 0.6) is 0 Å². The first-order chi connectivity index (χ1) is 16.9. The molecule has 7 nitrogen and oxygen atoms in total. The first kappa shape index (κ1) is 25.3. The molecule has 9 heteroatoms. The van der Waals surface area contributed by atoms with Crippen molar-refractivity contribution >= 4 is 45.2 Å². The predicted octanol–water partition coefficient (Wildman–Crippen LogP) is 5.04. The van der Waals surface area contributed by atoms with Crippen LogP contribution in [0.4, 0.5) is 21.7 Å². The van der Waals surface area contributed by atoms with Crippen LogP contribution in [0.2, 0.25) is 0 Å². The van der Waals surface area contributed by atoms with E-state index in [0.29, 0.717) is 17.8 Å². The van der Waals surface area contributed by atoms with Gasteiger partial charge in [0.2, 0.25) is 6.41 Å². The molecule has 5 rings (SSSR count). The van der Waals surface area contributed by atoms with Gasteiger partial charge in [-0.25, -0.2) is 14.4 Å². The average molecular weight is 499 g/mol. The Bertz CT molecular complexity index is 1160. The normalized spacial score (nSPS) is 18.3. The lowest BCUT2D eigenvalue weighted by Gasteiger charge is -2.35. The van der Waals surface area contributed by atoms with Gasteiger partial charge in [0.25, 0.3) is 0 Å². The number of aryl methyl sites for hydroxylation is 1. The molecule has 0 aromatic carbocycles.